The van der Waals surface area contributed by atoms with Crippen LogP contribution in [0.25, 0.3) is 0 Å². The molecule has 3 unspecified atom stereocenters. The van der Waals surface area contributed by atoms with E-state index in [2.05, 4.69) is 36.7 Å². The molecule has 20 heavy (non-hydrogen) atoms. The van der Waals surface area contributed by atoms with Crippen LogP contribution in [0.3, 0.4) is 0 Å². The van der Waals surface area contributed by atoms with Gasteiger partial charge in [0, 0.05) is 4.83 Å². The van der Waals surface area contributed by atoms with Gasteiger partial charge in [0.05, 0.1) is 0 Å². The van der Waals surface area contributed by atoms with Crippen molar-refractivity contribution < 1.29 is 8.78 Å². The largest absolute Gasteiger partial charge is 0.204 e. The second kappa shape index (κ2) is 6.13. The van der Waals surface area contributed by atoms with Gasteiger partial charge in [0.1, 0.15) is 0 Å². The van der Waals surface area contributed by atoms with Crippen LogP contribution < -0.4 is 0 Å². The molecule has 1 aliphatic rings. The summed E-state index contributed by atoms with van der Waals surface area (Å²) in [5.41, 5.74) is 0.964. The fourth-order valence-corrected chi connectivity index (χ4v) is 5.12. The summed E-state index contributed by atoms with van der Waals surface area (Å²) in [4.78, 5) is 0.520. The highest BCUT2D eigenvalue weighted by Gasteiger charge is 2.37. The van der Waals surface area contributed by atoms with Gasteiger partial charge in [-0.1, -0.05) is 49.2 Å². The van der Waals surface area contributed by atoms with Crippen molar-refractivity contribution in [2.24, 2.45) is 17.3 Å². The normalized spacial score (nSPS) is 27.6. The predicted molar refractivity (Wildman–Crippen MR) is 83.1 cm³/mol. The van der Waals surface area contributed by atoms with Crippen LogP contribution >= 0.6 is 15.9 Å². The number of alkyl halides is 1. The molecule has 3 atom stereocenters. The predicted octanol–water partition coefficient (Wildman–Crippen LogP) is 5.73. The monoisotopic (exact) mass is 344 g/mol. The summed E-state index contributed by atoms with van der Waals surface area (Å²) in [6, 6.07) is 4.27. The SMILES string of the molecule is CC1CCC(C(C)(C)Cc2ccc(F)c(F)c2)C(Br)C1. The molecule has 0 heterocycles. The molecular formula is C17H23BrF2. The zero-order valence-electron chi connectivity index (χ0n) is 12.4. The lowest BCUT2D eigenvalue weighted by Gasteiger charge is -2.42. The summed E-state index contributed by atoms with van der Waals surface area (Å²) in [5, 5.41) is 0. The van der Waals surface area contributed by atoms with E-state index in [1.807, 2.05) is 0 Å². The quantitative estimate of drug-likeness (QED) is 0.614. The van der Waals surface area contributed by atoms with Gasteiger partial charge in [0.15, 0.2) is 11.6 Å². The van der Waals surface area contributed by atoms with E-state index in [1.54, 1.807) is 6.07 Å². The van der Waals surface area contributed by atoms with Crippen molar-refractivity contribution >= 4 is 15.9 Å². The van der Waals surface area contributed by atoms with Gasteiger partial charge < -0.3 is 0 Å². The van der Waals surface area contributed by atoms with E-state index in [9.17, 15) is 8.78 Å². The average molecular weight is 345 g/mol. The Hall–Kier alpha value is -0.440. The lowest BCUT2D eigenvalue weighted by molar-refractivity contribution is 0.147. The second-order valence-corrected chi connectivity index (χ2v) is 8.13. The van der Waals surface area contributed by atoms with Crippen molar-refractivity contribution in [2.75, 3.05) is 0 Å². The zero-order chi connectivity index (χ0) is 14.9. The van der Waals surface area contributed by atoms with E-state index in [1.165, 1.54) is 31.4 Å². The maximum absolute atomic E-state index is 13.3. The van der Waals surface area contributed by atoms with E-state index >= 15 is 0 Å². The number of halogens is 3. The molecule has 0 radical (unpaired) electrons. The fraction of sp³-hybridized carbons (Fsp3) is 0.647. The smallest absolute Gasteiger partial charge is 0.159 e. The Balaban J connectivity index is 2.11. The topological polar surface area (TPSA) is 0 Å². The molecule has 1 fully saturated rings. The van der Waals surface area contributed by atoms with Crippen LogP contribution in [0.5, 0.6) is 0 Å². The second-order valence-electron chi connectivity index (χ2n) is 6.95. The maximum atomic E-state index is 13.3. The van der Waals surface area contributed by atoms with Crippen molar-refractivity contribution in [3.05, 3.63) is 35.4 Å². The highest BCUT2D eigenvalue weighted by molar-refractivity contribution is 9.09. The van der Waals surface area contributed by atoms with Gasteiger partial charge in [-0.15, -0.1) is 0 Å². The Morgan fingerprint density at radius 2 is 1.90 bits per heavy atom. The van der Waals surface area contributed by atoms with E-state index in [-0.39, 0.29) is 5.41 Å². The van der Waals surface area contributed by atoms with Gasteiger partial charge in [-0.2, -0.15) is 0 Å². The van der Waals surface area contributed by atoms with Crippen LogP contribution in [-0.4, -0.2) is 4.83 Å². The van der Waals surface area contributed by atoms with Crippen molar-refractivity contribution in [3.8, 4) is 0 Å². The summed E-state index contributed by atoms with van der Waals surface area (Å²) in [5.74, 6) is -0.163. The molecule has 0 N–H and O–H groups in total. The van der Waals surface area contributed by atoms with Crippen LogP contribution in [0.4, 0.5) is 8.78 Å². The average Bonchev–Trinajstić information content (AvgIpc) is 2.33. The van der Waals surface area contributed by atoms with Gasteiger partial charge in [-0.3, -0.25) is 0 Å². The number of rotatable bonds is 3. The molecular weight excluding hydrogens is 322 g/mol. The van der Waals surface area contributed by atoms with Crippen LogP contribution in [-0.2, 0) is 6.42 Å². The minimum atomic E-state index is -0.767. The summed E-state index contributed by atoms with van der Waals surface area (Å²) in [6.45, 7) is 6.78. The van der Waals surface area contributed by atoms with Crippen molar-refractivity contribution in [1.29, 1.82) is 0 Å². The molecule has 112 valence electrons. The Bertz CT molecular complexity index is 470. The molecule has 1 saturated carbocycles. The molecule has 0 saturated heterocycles. The molecule has 0 nitrogen and oxygen atoms in total. The van der Waals surface area contributed by atoms with Crippen molar-refractivity contribution in [2.45, 2.75) is 51.3 Å². The van der Waals surface area contributed by atoms with Gasteiger partial charge >= 0.3 is 0 Å². The van der Waals surface area contributed by atoms with E-state index < -0.39 is 11.6 Å². The van der Waals surface area contributed by atoms with Crippen molar-refractivity contribution in [3.63, 3.8) is 0 Å². The molecule has 1 aromatic rings. The summed E-state index contributed by atoms with van der Waals surface area (Å²) < 4.78 is 26.3. The third kappa shape index (κ3) is 3.60. The summed E-state index contributed by atoms with van der Waals surface area (Å²) in [6.07, 6.45) is 4.44. The molecule has 0 aliphatic heterocycles. The molecule has 0 bridgehead atoms. The van der Waals surface area contributed by atoms with E-state index in [4.69, 9.17) is 0 Å². The lowest BCUT2D eigenvalue weighted by Crippen LogP contribution is -2.37. The number of benzene rings is 1. The molecule has 0 spiro atoms. The Morgan fingerprint density at radius 3 is 2.50 bits per heavy atom. The highest BCUT2D eigenvalue weighted by Crippen LogP contribution is 2.45. The maximum Gasteiger partial charge on any atom is 0.159 e. The van der Waals surface area contributed by atoms with Crippen LogP contribution in [0.1, 0.15) is 45.6 Å². The molecule has 3 heteroatoms. The first kappa shape index (κ1) is 15.9. The third-order valence-electron chi connectivity index (χ3n) is 4.68. The van der Waals surface area contributed by atoms with Gasteiger partial charge in [-0.05, 0) is 54.2 Å². The van der Waals surface area contributed by atoms with Crippen LogP contribution in [0, 0.1) is 28.9 Å². The first-order valence-corrected chi connectivity index (χ1v) is 8.29. The minimum absolute atomic E-state index is 0.0819. The molecule has 1 aromatic carbocycles. The third-order valence-corrected chi connectivity index (χ3v) is 5.69. The number of hydrogen-bond acceptors (Lipinski definition) is 0. The summed E-state index contributed by atoms with van der Waals surface area (Å²) in [7, 11) is 0. The van der Waals surface area contributed by atoms with Gasteiger partial charge in [0.25, 0.3) is 0 Å². The molecule has 0 amide bonds. The van der Waals surface area contributed by atoms with Crippen LogP contribution in [0.2, 0.25) is 0 Å². The van der Waals surface area contributed by atoms with Crippen molar-refractivity contribution in [1.82, 2.24) is 0 Å². The Morgan fingerprint density at radius 1 is 1.20 bits per heavy atom. The number of hydrogen-bond donors (Lipinski definition) is 0. The molecule has 1 aliphatic carbocycles. The fourth-order valence-electron chi connectivity index (χ4n) is 3.50. The molecule has 0 aromatic heterocycles. The standard InChI is InChI=1S/C17H23BrF2/c1-11-4-6-13(14(18)8-11)17(2,3)10-12-5-7-15(19)16(20)9-12/h5,7,9,11,13-14H,4,6,8,10H2,1-3H3. The van der Waals surface area contributed by atoms with Gasteiger partial charge in [0.2, 0.25) is 0 Å². The lowest BCUT2D eigenvalue weighted by atomic mass is 9.66. The van der Waals surface area contributed by atoms with Gasteiger partial charge in [-0.25, -0.2) is 8.78 Å². The summed E-state index contributed by atoms with van der Waals surface area (Å²) >= 11 is 3.84. The molecule has 2 rings (SSSR count). The Kier molecular flexibility index (Phi) is 4.88. The zero-order valence-corrected chi connectivity index (χ0v) is 14.0. The first-order valence-electron chi connectivity index (χ1n) is 7.37. The highest BCUT2D eigenvalue weighted by atomic mass is 79.9. The van der Waals surface area contributed by atoms with E-state index in [0.29, 0.717) is 10.7 Å². The van der Waals surface area contributed by atoms with Crippen LogP contribution in [0.15, 0.2) is 18.2 Å². The Labute approximate surface area is 129 Å². The minimum Gasteiger partial charge on any atom is -0.204 e. The first-order chi connectivity index (χ1) is 9.29. The van der Waals surface area contributed by atoms with E-state index in [0.717, 1.165) is 17.9 Å².